The quantitative estimate of drug-likeness (QED) is 0.410. The molecule has 2 aromatic rings. The Morgan fingerprint density at radius 3 is 2.46 bits per heavy atom. The number of benzene rings is 2. The van der Waals surface area contributed by atoms with E-state index in [-0.39, 0.29) is 40.7 Å². The molecule has 2 N–H and O–H groups in total. The van der Waals surface area contributed by atoms with Crippen LogP contribution in [-0.4, -0.2) is 58.2 Å². The molecule has 11 heteroatoms. The van der Waals surface area contributed by atoms with Crippen LogP contribution >= 0.6 is 24.0 Å². The molecule has 4 rings (SSSR count). The third-order valence-electron chi connectivity index (χ3n) is 5.45. The molecule has 0 saturated carbocycles. The summed E-state index contributed by atoms with van der Waals surface area (Å²) < 4.78 is 5.38. The molecule has 3 amide bonds. The first kappa shape index (κ1) is 24.4. The van der Waals surface area contributed by atoms with E-state index in [0.29, 0.717) is 22.7 Å². The lowest BCUT2D eigenvalue weighted by molar-refractivity contribution is -0.137. The standard InChI is InChI=1S/C24H21N3O6S2/c1-33-15-10-8-14(9-11-15)25-18(28)13-27-17-6-3-2-5-16(17)20(22(27)31)21-23(32)26(24(34)35-21)12-4-7-19(29)30/h2-3,5-6,8-11H,4,7,12-13H2,1H3,(H,25,28)(H,29,30)/b21-20-. The number of carboxylic acid groups (broad SMARTS) is 1. The van der Waals surface area contributed by atoms with Gasteiger partial charge in [-0.25, -0.2) is 0 Å². The van der Waals surface area contributed by atoms with E-state index in [9.17, 15) is 19.2 Å². The molecule has 9 nitrogen and oxygen atoms in total. The number of amides is 3. The maximum Gasteiger partial charge on any atom is 0.303 e. The van der Waals surface area contributed by atoms with E-state index in [1.165, 1.54) is 9.80 Å². The number of methoxy groups -OCH3 is 1. The smallest absolute Gasteiger partial charge is 0.303 e. The van der Waals surface area contributed by atoms with E-state index >= 15 is 0 Å². The van der Waals surface area contributed by atoms with Crippen molar-refractivity contribution >= 4 is 68.9 Å². The summed E-state index contributed by atoms with van der Waals surface area (Å²) in [5, 5.41) is 11.6. The SMILES string of the molecule is COc1ccc(NC(=O)CN2C(=O)/C(=C3\SC(=S)N(CCCC(=O)O)C3=O)c3ccccc32)cc1. The summed E-state index contributed by atoms with van der Waals surface area (Å²) in [6.07, 6.45) is 0.147. The van der Waals surface area contributed by atoms with Gasteiger partial charge in [0.25, 0.3) is 11.8 Å². The number of hydrogen-bond donors (Lipinski definition) is 2. The number of anilines is 2. The Hall–Kier alpha value is -3.70. The summed E-state index contributed by atoms with van der Waals surface area (Å²) >= 11 is 6.34. The Kier molecular flexibility index (Phi) is 7.17. The molecule has 2 aliphatic rings. The zero-order chi connectivity index (χ0) is 25.1. The number of rotatable bonds is 8. The first-order chi connectivity index (χ1) is 16.8. The zero-order valence-corrected chi connectivity index (χ0v) is 20.3. The van der Waals surface area contributed by atoms with E-state index in [1.807, 2.05) is 0 Å². The van der Waals surface area contributed by atoms with Crippen LogP contribution in [0.15, 0.2) is 53.4 Å². The van der Waals surface area contributed by atoms with Gasteiger partial charge in [-0.05, 0) is 36.8 Å². The lowest BCUT2D eigenvalue weighted by atomic mass is 10.1. The third kappa shape index (κ3) is 5.05. The molecule has 0 atom stereocenters. The predicted molar refractivity (Wildman–Crippen MR) is 136 cm³/mol. The Labute approximate surface area is 210 Å². The van der Waals surface area contributed by atoms with Crippen molar-refractivity contribution in [1.29, 1.82) is 0 Å². The van der Waals surface area contributed by atoms with E-state index in [4.69, 9.17) is 22.1 Å². The van der Waals surface area contributed by atoms with Gasteiger partial charge in [0.05, 0.1) is 23.3 Å². The number of thiocarbonyl (C=S) groups is 1. The normalized spacial score (nSPS) is 17.1. The average Bonchev–Trinajstić information content (AvgIpc) is 3.26. The first-order valence-corrected chi connectivity index (χ1v) is 11.9. The summed E-state index contributed by atoms with van der Waals surface area (Å²) in [6, 6.07) is 13.7. The summed E-state index contributed by atoms with van der Waals surface area (Å²) in [5.41, 5.74) is 1.81. The third-order valence-corrected chi connectivity index (χ3v) is 6.90. The van der Waals surface area contributed by atoms with Crippen molar-refractivity contribution in [2.75, 3.05) is 30.4 Å². The van der Waals surface area contributed by atoms with Gasteiger partial charge < -0.3 is 15.2 Å². The second-order valence-electron chi connectivity index (χ2n) is 7.71. The van der Waals surface area contributed by atoms with Crippen molar-refractivity contribution in [3.63, 3.8) is 0 Å². The van der Waals surface area contributed by atoms with Gasteiger partial charge in [-0.1, -0.05) is 42.2 Å². The van der Waals surface area contributed by atoms with Crippen LogP contribution in [0.5, 0.6) is 5.75 Å². The number of hydrogen-bond acceptors (Lipinski definition) is 7. The second-order valence-corrected chi connectivity index (χ2v) is 9.36. The summed E-state index contributed by atoms with van der Waals surface area (Å²) in [4.78, 5) is 53.0. The monoisotopic (exact) mass is 511 g/mol. The van der Waals surface area contributed by atoms with Crippen LogP contribution < -0.4 is 15.0 Å². The number of carbonyl (C=O) groups excluding carboxylic acids is 3. The van der Waals surface area contributed by atoms with Gasteiger partial charge in [0, 0.05) is 24.2 Å². The fourth-order valence-corrected chi connectivity index (χ4v) is 5.19. The molecule has 0 aliphatic carbocycles. The Balaban J connectivity index is 1.56. The first-order valence-electron chi connectivity index (χ1n) is 10.6. The maximum absolute atomic E-state index is 13.4. The van der Waals surface area contributed by atoms with Crippen molar-refractivity contribution in [2.24, 2.45) is 0 Å². The fourth-order valence-electron chi connectivity index (χ4n) is 3.81. The zero-order valence-electron chi connectivity index (χ0n) is 18.6. The Morgan fingerprint density at radius 2 is 1.77 bits per heavy atom. The fraction of sp³-hybridized carbons (Fsp3) is 0.208. The van der Waals surface area contributed by atoms with E-state index in [1.54, 1.807) is 55.6 Å². The van der Waals surface area contributed by atoms with Crippen molar-refractivity contribution < 1.29 is 29.0 Å². The molecule has 2 aliphatic heterocycles. The van der Waals surface area contributed by atoms with Crippen molar-refractivity contribution in [2.45, 2.75) is 12.8 Å². The molecular formula is C24H21N3O6S2. The number of ether oxygens (including phenoxy) is 1. The van der Waals surface area contributed by atoms with Crippen LogP contribution in [0.25, 0.3) is 5.57 Å². The number of nitrogens with zero attached hydrogens (tertiary/aromatic N) is 2. The highest BCUT2D eigenvalue weighted by Crippen LogP contribution is 2.44. The molecule has 0 bridgehead atoms. The summed E-state index contributed by atoms with van der Waals surface area (Å²) in [6.45, 7) is -0.0954. The minimum Gasteiger partial charge on any atom is -0.497 e. The molecular weight excluding hydrogens is 490 g/mol. The second kappa shape index (κ2) is 10.3. The molecule has 180 valence electrons. The van der Waals surface area contributed by atoms with Gasteiger partial charge in [-0.15, -0.1) is 0 Å². The highest BCUT2D eigenvalue weighted by Gasteiger charge is 2.42. The maximum atomic E-state index is 13.4. The number of para-hydroxylation sites is 1. The van der Waals surface area contributed by atoms with Crippen molar-refractivity contribution in [3.05, 3.63) is 59.0 Å². The predicted octanol–water partition coefficient (Wildman–Crippen LogP) is 3.12. The number of fused-ring (bicyclic) bond motifs is 1. The van der Waals surface area contributed by atoms with Crippen LogP contribution in [0.1, 0.15) is 18.4 Å². The van der Waals surface area contributed by atoms with Gasteiger partial charge in [-0.3, -0.25) is 29.0 Å². The molecule has 0 aromatic heterocycles. The summed E-state index contributed by atoms with van der Waals surface area (Å²) in [5.74, 6) is -1.62. The minimum absolute atomic E-state index is 0.0954. The number of aliphatic carboxylic acids is 1. The molecule has 0 spiro atoms. The summed E-state index contributed by atoms with van der Waals surface area (Å²) in [7, 11) is 1.55. The molecule has 0 unspecified atom stereocenters. The number of nitrogens with one attached hydrogen (secondary N) is 1. The molecule has 1 saturated heterocycles. The van der Waals surface area contributed by atoms with Gasteiger partial charge in [0.15, 0.2) is 0 Å². The highest BCUT2D eigenvalue weighted by atomic mass is 32.2. The lowest BCUT2D eigenvalue weighted by Gasteiger charge is -2.17. The van der Waals surface area contributed by atoms with E-state index in [0.717, 1.165) is 11.8 Å². The van der Waals surface area contributed by atoms with Gasteiger partial charge in [0.2, 0.25) is 5.91 Å². The number of thioether (sulfide) groups is 1. The van der Waals surface area contributed by atoms with Crippen LogP contribution in [0.4, 0.5) is 11.4 Å². The molecule has 0 radical (unpaired) electrons. The average molecular weight is 512 g/mol. The highest BCUT2D eigenvalue weighted by molar-refractivity contribution is 8.26. The lowest BCUT2D eigenvalue weighted by Crippen LogP contribution is -2.35. The molecule has 2 aromatic carbocycles. The van der Waals surface area contributed by atoms with E-state index in [2.05, 4.69) is 5.32 Å². The molecule has 1 fully saturated rings. The number of carboxylic acids is 1. The Bertz CT molecular complexity index is 1260. The van der Waals surface area contributed by atoms with Crippen LogP contribution in [0, 0.1) is 0 Å². The minimum atomic E-state index is -0.961. The largest absolute Gasteiger partial charge is 0.497 e. The molecule has 2 heterocycles. The van der Waals surface area contributed by atoms with Gasteiger partial charge in [-0.2, -0.15) is 0 Å². The Morgan fingerprint density at radius 1 is 1.06 bits per heavy atom. The van der Waals surface area contributed by atoms with Crippen LogP contribution in [0.3, 0.4) is 0 Å². The van der Waals surface area contributed by atoms with Gasteiger partial charge >= 0.3 is 5.97 Å². The van der Waals surface area contributed by atoms with Gasteiger partial charge in [0.1, 0.15) is 16.6 Å². The molecule has 35 heavy (non-hydrogen) atoms. The van der Waals surface area contributed by atoms with Crippen molar-refractivity contribution in [3.8, 4) is 5.75 Å². The van der Waals surface area contributed by atoms with Crippen molar-refractivity contribution in [1.82, 2.24) is 4.90 Å². The van der Waals surface area contributed by atoms with E-state index < -0.39 is 23.7 Å². The van der Waals surface area contributed by atoms with Crippen LogP contribution in [0.2, 0.25) is 0 Å². The number of carbonyl (C=O) groups is 4. The van der Waals surface area contributed by atoms with Crippen LogP contribution in [-0.2, 0) is 19.2 Å². The topological polar surface area (TPSA) is 116 Å².